The van der Waals surface area contributed by atoms with Gasteiger partial charge in [0.2, 0.25) is 5.91 Å². The fourth-order valence-electron chi connectivity index (χ4n) is 2.77. The molecule has 2 aromatic carbocycles. The first-order valence-electron chi connectivity index (χ1n) is 8.44. The fraction of sp³-hybridized carbons (Fsp3) is 0.350. The molecule has 0 aliphatic heterocycles. The lowest BCUT2D eigenvalue weighted by Crippen LogP contribution is -2.36. The quantitative estimate of drug-likeness (QED) is 0.706. The predicted octanol–water partition coefficient (Wildman–Crippen LogP) is 4.84. The van der Waals surface area contributed by atoms with E-state index in [9.17, 15) is 4.79 Å². The number of nitrogens with one attached hydrogen (secondary N) is 2. The highest BCUT2D eigenvalue weighted by molar-refractivity contribution is 6.35. The Hall–Kier alpha value is -1.75. The zero-order valence-electron chi connectivity index (χ0n) is 15.4. The highest BCUT2D eigenvalue weighted by Crippen LogP contribution is 2.27. The Bertz CT molecular complexity index is 780. The van der Waals surface area contributed by atoms with Gasteiger partial charge in [0.1, 0.15) is 5.75 Å². The molecule has 140 valence electrons. The van der Waals surface area contributed by atoms with Gasteiger partial charge in [-0.15, -0.1) is 0 Å². The number of halogens is 2. The minimum Gasteiger partial charge on any atom is -0.496 e. The first kappa shape index (κ1) is 20.6. The lowest BCUT2D eigenvalue weighted by molar-refractivity contribution is -0.121. The second-order valence-electron chi connectivity index (χ2n) is 6.30. The van der Waals surface area contributed by atoms with E-state index in [1.165, 1.54) is 0 Å². The third-order valence-electron chi connectivity index (χ3n) is 4.23. The number of rotatable bonds is 7. The molecule has 0 radical (unpaired) electrons. The van der Waals surface area contributed by atoms with Crippen LogP contribution in [0.3, 0.4) is 0 Å². The summed E-state index contributed by atoms with van der Waals surface area (Å²) in [6.45, 7) is 6.11. The van der Waals surface area contributed by atoms with Crippen LogP contribution in [0.4, 0.5) is 0 Å². The van der Waals surface area contributed by atoms with Crippen LogP contribution in [0.2, 0.25) is 10.0 Å². The van der Waals surface area contributed by atoms with Crippen molar-refractivity contribution in [1.82, 2.24) is 10.6 Å². The van der Waals surface area contributed by atoms with Crippen molar-refractivity contribution in [3.05, 3.63) is 63.1 Å². The number of methoxy groups -OCH3 is 1. The third kappa shape index (κ3) is 5.37. The second kappa shape index (κ2) is 9.26. The zero-order chi connectivity index (χ0) is 19.3. The van der Waals surface area contributed by atoms with E-state index < -0.39 is 0 Å². The maximum atomic E-state index is 12.3. The van der Waals surface area contributed by atoms with Gasteiger partial charge < -0.3 is 15.4 Å². The Morgan fingerprint density at radius 3 is 2.46 bits per heavy atom. The van der Waals surface area contributed by atoms with Crippen molar-refractivity contribution in [2.24, 2.45) is 0 Å². The van der Waals surface area contributed by atoms with Gasteiger partial charge >= 0.3 is 0 Å². The molecule has 0 unspecified atom stereocenters. The molecular formula is C20H24Cl2N2O2. The molecule has 2 aromatic rings. The highest BCUT2D eigenvalue weighted by atomic mass is 35.5. The zero-order valence-corrected chi connectivity index (χ0v) is 16.9. The molecule has 6 heteroatoms. The standard InChI is InChI=1S/C20H24Cl2N2O2/c1-12-5-8-19(26-4)17(9-12)13(2)23-11-20(25)24-14(3)16-7-6-15(21)10-18(16)22/h5-10,13-14,23H,11H2,1-4H3,(H,24,25)/t13-,14+/m0/s1. The normalized spacial score (nSPS) is 13.2. The van der Waals surface area contributed by atoms with Crippen molar-refractivity contribution in [2.75, 3.05) is 13.7 Å². The fourth-order valence-corrected chi connectivity index (χ4v) is 3.34. The van der Waals surface area contributed by atoms with Crippen LogP contribution in [-0.4, -0.2) is 19.6 Å². The maximum Gasteiger partial charge on any atom is 0.234 e. The molecule has 26 heavy (non-hydrogen) atoms. The number of ether oxygens (including phenoxy) is 1. The van der Waals surface area contributed by atoms with Crippen molar-refractivity contribution >= 4 is 29.1 Å². The molecule has 0 fully saturated rings. The molecule has 0 aliphatic rings. The average Bonchev–Trinajstić information content (AvgIpc) is 2.59. The van der Waals surface area contributed by atoms with Crippen molar-refractivity contribution in [3.63, 3.8) is 0 Å². The molecule has 2 rings (SSSR count). The minimum atomic E-state index is -0.210. The van der Waals surface area contributed by atoms with Crippen LogP contribution < -0.4 is 15.4 Å². The number of aryl methyl sites for hydroxylation is 1. The minimum absolute atomic E-state index is 0.0231. The molecule has 1 amide bonds. The van der Waals surface area contributed by atoms with Gasteiger partial charge in [0.15, 0.2) is 0 Å². The summed E-state index contributed by atoms with van der Waals surface area (Å²) in [6, 6.07) is 11.0. The summed E-state index contributed by atoms with van der Waals surface area (Å²) >= 11 is 12.1. The molecule has 2 atom stereocenters. The molecule has 0 heterocycles. The molecule has 0 spiro atoms. The topological polar surface area (TPSA) is 50.4 Å². The molecule has 0 saturated carbocycles. The lowest BCUT2D eigenvalue weighted by atomic mass is 10.0. The molecule has 0 aliphatic carbocycles. The summed E-state index contributed by atoms with van der Waals surface area (Å²) in [6.07, 6.45) is 0. The maximum absolute atomic E-state index is 12.3. The van der Waals surface area contributed by atoms with Crippen LogP contribution in [-0.2, 0) is 4.79 Å². The average molecular weight is 395 g/mol. The van der Waals surface area contributed by atoms with Gasteiger partial charge in [-0.1, -0.05) is 47.0 Å². The molecule has 0 saturated heterocycles. The van der Waals surface area contributed by atoms with E-state index in [4.69, 9.17) is 27.9 Å². The van der Waals surface area contributed by atoms with Crippen LogP contribution in [0.15, 0.2) is 36.4 Å². The number of hydrogen-bond donors (Lipinski definition) is 2. The Morgan fingerprint density at radius 2 is 1.81 bits per heavy atom. The Balaban J connectivity index is 1.95. The molecule has 0 aromatic heterocycles. The third-order valence-corrected chi connectivity index (χ3v) is 4.79. The van der Waals surface area contributed by atoms with Crippen LogP contribution in [0.5, 0.6) is 5.75 Å². The largest absolute Gasteiger partial charge is 0.496 e. The molecular weight excluding hydrogens is 371 g/mol. The van der Waals surface area contributed by atoms with E-state index in [0.717, 1.165) is 22.4 Å². The van der Waals surface area contributed by atoms with Gasteiger partial charge in [0, 0.05) is 21.7 Å². The van der Waals surface area contributed by atoms with Gasteiger partial charge in [-0.3, -0.25) is 4.79 Å². The van der Waals surface area contributed by atoms with Gasteiger partial charge in [-0.25, -0.2) is 0 Å². The van der Waals surface area contributed by atoms with E-state index in [1.807, 2.05) is 39.0 Å². The molecule has 2 N–H and O–H groups in total. The van der Waals surface area contributed by atoms with Crippen molar-refractivity contribution in [2.45, 2.75) is 32.9 Å². The van der Waals surface area contributed by atoms with E-state index >= 15 is 0 Å². The van der Waals surface area contributed by atoms with Gasteiger partial charge in [-0.05, 0) is 44.5 Å². The van der Waals surface area contributed by atoms with Crippen LogP contribution >= 0.6 is 23.2 Å². The first-order chi connectivity index (χ1) is 12.3. The van der Waals surface area contributed by atoms with Crippen LogP contribution in [0.1, 0.15) is 42.6 Å². The molecule has 0 bridgehead atoms. The van der Waals surface area contributed by atoms with Gasteiger partial charge in [0.05, 0.1) is 19.7 Å². The van der Waals surface area contributed by atoms with E-state index in [1.54, 1.807) is 19.2 Å². The van der Waals surface area contributed by atoms with Crippen LogP contribution in [0.25, 0.3) is 0 Å². The Kier molecular flexibility index (Phi) is 7.33. The monoisotopic (exact) mass is 394 g/mol. The predicted molar refractivity (Wildman–Crippen MR) is 107 cm³/mol. The Morgan fingerprint density at radius 1 is 1.08 bits per heavy atom. The van der Waals surface area contributed by atoms with E-state index in [2.05, 4.69) is 16.7 Å². The van der Waals surface area contributed by atoms with Crippen molar-refractivity contribution in [3.8, 4) is 5.75 Å². The highest BCUT2D eigenvalue weighted by Gasteiger charge is 2.16. The SMILES string of the molecule is COc1ccc(C)cc1[C@H](C)NCC(=O)N[C@H](C)c1ccc(Cl)cc1Cl. The van der Waals surface area contributed by atoms with E-state index in [0.29, 0.717) is 10.0 Å². The summed E-state index contributed by atoms with van der Waals surface area (Å²) in [5.41, 5.74) is 3.00. The summed E-state index contributed by atoms with van der Waals surface area (Å²) in [5, 5.41) is 7.29. The number of amides is 1. The molecule has 4 nitrogen and oxygen atoms in total. The van der Waals surface area contributed by atoms with Gasteiger partial charge in [-0.2, -0.15) is 0 Å². The smallest absolute Gasteiger partial charge is 0.234 e. The second-order valence-corrected chi connectivity index (χ2v) is 7.15. The summed E-state index contributed by atoms with van der Waals surface area (Å²) in [4.78, 5) is 12.3. The van der Waals surface area contributed by atoms with Crippen LogP contribution in [0, 0.1) is 6.92 Å². The summed E-state index contributed by atoms with van der Waals surface area (Å²) < 4.78 is 5.41. The summed E-state index contributed by atoms with van der Waals surface area (Å²) in [5.74, 6) is 0.694. The first-order valence-corrected chi connectivity index (χ1v) is 9.19. The number of benzene rings is 2. The number of carbonyl (C=O) groups is 1. The van der Waals surface area contributed by atoms with E-state index in [-0.39, 0.29) is 24.5 Å². The number of carbonyl (C=O) groups excluding carboxylic acids is 1. The van der Waals surface area contributed by atoms with Crippen molar-refractivity contribution < 1.29 is 9.53 Å². The summed E-state index contributed by atoms with van der Waals surface area (Å²) in [7, 11) is 1.64. The van der Waals surface area contributed by atoms with Gasteiger partial charge in [0.25, 0.3) is 0 Å². The number of hydrogen-bond acceptors (Lipinski definition) is 3. The Labute approximate surface area is 164 Å². The lowest BCUT2D eigenvalue weighted by Gasteiger charge is -2.20. The van der Waals surface area contributed by atoms with Crippen molar-refractivity contribution in [1.29, 1.82) is 0 Å².